The van der Waals surface area contributed by atoms with E-state index >= 15 is 0 Å². The average Bonchev–Trinajstić information content (AvgIpc) is 2.64. The van der Waals surface area contributed by atoms with Crippen molar-refractivity contribution in [3.8, 4) is 5.75 Å². The quantitative estimate of drug-likeness (QED) is 0.850. The average molecular weight is 390 g/mol. The molecule has 1 N–H and O–H groups in total. The molecule has 3 rings (SSSR count). The SMILES string of the molecule is CC(C)(C)OC(=O)N1CCc2ccc(OCC3CCN(C(=O)O)CC3)cc2C1. The highest BCUT2D eigenvalue weighted by atomic mass is 16.6. The van der Waals surface area contributed by atoms with Gasteiger partial charge >= 0.3 is 12.2 Å². The van der Waals surface area contributed by atoms with Gasteiger partial charge in [0.2, 0.25) is 0 Å². The van der Waals surface area contributed by atoms with Gasteiger partial charge in [-0.05, 0) is 69.2 Å². The summed E-state index contributed by atoms with van der Waals surface area (Å²) in [5.74, 6) is 1.16. The number of carboxylic acid groups (broad SMARTS) is 1. The molecule has 0 spiro atoms. The Kier molecular flexibility index (Phi) is 6.01. The summed E-state index contributed by atoms with van der Waals surface area (Å²) in [6.45, 7) is 8.52. The molecule has 2 aliphatic rings. The zero-order chi connectivity index (χ0) is 20.3. The van der Waals surface area contributed by atoms with Gasteiger partial charge < -0.3 is 24.4 Å². The second-order valence-electron chi connectivity index (χ2n) is 8.61. The lowest BCUT2D eigenvalue weighted by Gasteiger charge is -2.31. The largest absolute Gasteiger partial charge is 0.493 e. The summed E-state index contributed by atoms with van der Waals surface area (Å²) >= 11 is 0. The predicted octanol–water partition coefficient (Wildman–Crippen LogP) is 3.75. The number of rotatable bonds is 3. The second-order valence-corrected chi connectivity index (χ2v) is 8.61. The van der Waals surface area contributed by atoms with Crippen LogP contribution in [0.3, 0.4) is 0 Å². The highest BCUT2D eigenvalue weighted by Crippen LogP contribution is 2.26. The third kappa shape index (κ3) is 5.30. The van der Waals surface area contributed by atoms with Crippen molar-refractivity contribution in [1.29, 1.82) is 0 Å². The Balaban J connectivity index is 1.54. The highest BCUT2D eigenvalue weighted by Gasteiger charge is 2.26. The van der Waals surface area contributed by atoms with Gasteiger partial charge in [0.1, 0.15) is 11.4 Å². The van der Waals surface area contributed by atoms with Gasteiger partial charge in [0.25, 0.3) is 0 Å². The molecular weight excluding hydrogens is 360 g/mol. The number of benzene rings is 1. The van der Waals surface area contributed by atoms with Crippen LogP contribution in [0.2, 0.25) is 0 Å². The fourth-order valence-corrected chi connectivity index (χ4v) is 3.61. The molecular formula is C21H30N2O5. The normalized spacial score (nSPS) is 17.8. The number of ether oxygens (including phenoxy) is 2. The molecule has 2 amide bonds. The van der Waals surface area contributed by atoms with Crippen LogP contribution in [0.1, 0.15) is 44.7 Å². The number of fused-ring (bicyclic) bond motifs is 1. The molecule has 0 atom stereocenters. The third-order valence-corrected chi connectivity index (χ3v) is 5.21. The van der Waals surface area contributed by atoms with Gasteiger partial charge in [0.15, 0.2) is 0 Å². The monoisotopic (exact) mass is 390 g/mol. The van der Waals surface area contributed by atoms with Gasteiger partial charge in [0, 0.05) is 26.2 Å². The van der Waals surface area contributed by atoms with Crippen molar-refractivity contribution in [2.45, 2.75) is 52.2 Å². The van der Waals surface area contributed by atoms with Crippen molar-refractivity contribution < 1.29 is 24.2 Å². The molecule has 2 aliphatic heterocycles. The lowest BCUT2D eigenvalue weighted by atomic mass is 9.98. The Morgan fingerprint density at radius 3 is 2.46 bits per heavy atom. The maximum absolute atomic E-state index is 12.3. The minimum absolute atomic E-state index is 0.283. The Hall–Kier alpha value is -2.44. The minimum atomic E-state index is -0.844. The van der Waals surface area contributed by atoms with E-state index in [1.807, 2.05) is 32.9 Å². The topological polar surface area (TPSA) is 79.3 Å². The fraction of sp³-hybridized carbons (Fsp3) is 0.619. The maximum atomic E-state index is 12.3. The molecule has 1 aromatic carbocycles. The minimum Gasteiger partial charge on any atom is -0.493 e. The molecule has 1 fully saturated rings. The van der Waals surface area contributed by atoms with Crippen molar-refractivity contribution in [3.63, 3.8) is 0 Å². The van der Waals surface area contributed by atoms with Crippen LogP contribution < -0.4 is 4.74 Å². The van der Waals surface area contributed by atoms with Crippen LogP contribution in [-0.2, 0) is 17.7 Å². The number of piperidine rings is 1. The first-order valence-corrected chi connectivity index (χ1v) is 9.91. The molecule has 0 aliphatic carbocycles. The molecule has 0 radical (unpaired) electrons. The van der Waals surface area contributed by atoms with Gasteiger partial charge in [-0.2, -0.15) is 0 Å². The zero-order valence-electron chi connectivity index (χ0n) is 16.9. The predicted molar refractivity (Wildman–Crippen MR) is 105 cm³/mol. The summed E-state index contributed by atoms with van der Waals surface area (Å²) in [4.78, 5) is 26.5. The number of carbonyl (C=O) groups is 2. The van der Waals surface area contributed by atoms with Gasteiger partial charge in [-0.1, -0.05) is 6.07 Å². The standard InChI is InChI=1S/C21H30N2O5/c1-21(2,3)28-20(26)23-11-8-16-4-5-18(12-17(16)13-23)27-14-15-6-9-22(10-7-15)19(24)25/h4-5,12,15H,6-11,13-14H2,1-3H3,(H,24,25). The molecule has 0 saturated carbocycles. The maximum Gasteiger partial charge on any atom is 0.410 e. The van der Waals surface area contributed by atoms with E-state index in [0.29, 0.717) is 38.7 Å². The summed E-state index contributed by atoms with van der Waals surface area (Å²) in [6.07, 6.45) is 1.33. The van der Waals surface area contributed by atoms with E-state index in [4.69, 9.17) is 14.6 Å². The Morgan fingerprint density at radius 2 is 1.82 bits per heavy atom. The number of carbonyl (C=O) groups excluding carboxylic acids is 1. The Labute approximate surface area is 166 Å². The molecule has 28 heavy (non-hydrogen) atoms. The Morgan fingerprint density at radius 1 is 1.11 bits per heavy atom. The number of amides is 2. The number of nitrogens with zero attached hydrogens (tertiary/aromatic N) is 2. The molecule has 154 valence electrons. The van der Waals surface area contributed by atoms with Crippen molar-refractivity contribution in [3.05, 3.63) is 29.3 Å². The van der Waals surface area contributed by atoms with E-state index in [1.54, 1.807) is 4.90 Å². The lowest BCUT2D eigenvalue weighted by molar-refractivity contribution is 0.0223. The molecule has 0 unspecified atom stereocenters. The summed E-state index contributed by atoms with van der Waals surface area (Å²) < 4.78 is 11.5. The van der Waals surface area contributed by atoms with E-state index in [0.717, 1.165) is 30.6 Å². The van der Waals surface area contributed by atoms with E-state index in [2.05, 4.69) is 6.07 Å². The first-order chi connectivity index (χ1) is 13.2. The van der Waals surface area contributed by atoms with Crippen LogP contribution in [0, 0.1) is 5.92 Å². The zero-order valence-corrected chi connectivity index (χ0v) is 16.9. The first-order valence-electron chi connectivity index (χ1n) is 9.91. The lowest BCUT2D eigenvalue weighted by Crippen LogP contribution is -2.40. The van der Waals surface area contributed by atoms with Crippen LogP contribution in [0.5, 0.6) is 5.75 Å². The smallest absolute Gasteiger partial charge is 0.410 e. The van der Waals surface area contributed by atoms with E-state index < -0.39 is 11.7 Å². The van der Waals surface area contributed by atoms with Crippen molar-refractivity contribution in [2.24, 2.45) is 5.92 Å². The molecule has 0 aromatic heterocycles. The molecule has 1 aromatic rings. The summed E-state index contributed by atoms with van der Waals surface area (Å²) in [6, 6.07) is 6.07. The van der Waals surface area contributed by atoms with E-state index in [-0.39, 0.29) is 6.09 Å². The van der Waals surface area contributed by atoms with Crippen LogP contribution in [0.25, 0.3) is 0 Å². The summed E-state index contributed by atoms with van der Waals surface area (Å²) in [5.41, 5.74) is 1.83. The summed E-state index contributed by atoms with van der Waals surface area (Å²) in [7, 11) is 0. The number of likely N-dealkylation sites (tertiary alicyclic amines) is 1. The molecule has 2 heterocycles. The molecule has 7 nitrogen and oxygen atoms in total. The molecule has 1 saturated heterocycles. The van der Waals surface area contributed by atoms with Crippen molar-refractivity contribution in [2.75, 3.05) is 26.2 Å². The number of hydrogen-bond donors (Lipinski definition) is 1. The van der Waals surface area contributed by atoms with Crippen LogP contribution >= 0.6 is 0 Å². The Bertz CT molecular complexity index is 720. The van der Waals surface area contributed by atoms with Crippen molar-refractivity contribution >= 4 is 12.2 Å². The third-order valence-electron chi connectivity index (χ3n) is 5.21. The van der Waals surface area contributed by atoms with Gasteiger partial charge in [-0.25, -0.2) is 9.59 Å². The van der Waals surface area contributed by atoms with Crippen LogP contribution in [-0.4, -0.2) is 58.9 Å². The highest BCUT2D eigenvalue weighted by molar-refractivity contribution is 5.68. The van der Waals surface area contributed by atoms with Gasteiger partial charge in [0.05, 0.1) is 6.61 Å². The molecule has 0 bridgehead atoms. The van der Waals surface area contributed by atoms with Crippen LogP contribution in [0.15, 0.2) is 18.2 Å². The fourth-order valence-electron chi connectivity index (χ4n) is 3.61. The van der Waals surface area contributed by atoms with Gasteiger partial charge in [-0.3, -0.25) is 0 Å². The van der Waals surface area contributed by atoms with E-state index in [1.165, 1.54) is 10.5 Å². The second kappa shape index (κ2) is 8.29. The summed E-state index contributed by atoms with van der Waals surface area (Å²) in [5, 5.41) is 9.03. The van der Waals surface area contributed by atoms with Crippen molar-refractivity contribution in [1.82, 2.24) is 9.80 Å². The van der Waals surface area contributed by atoms with Crippen LogP contribution in [0.4, 0.5) is 9.59 Å². The number of hydrogen-bond acceptors (Lipinski definition) is 4. The van der Waals surface area contributed by atoms with Gasteiger partial charge in [-0.15, -0.1) is 0 Å². The van der Waals surface area contributed by atoms with E-state index in [9.17, 15) is 9.59 Å². The first kappa shape index (κ1) is 20.3. The molecule has 7 heteroatoms.